The summed E-state index contributed by atoms with van der Waals surface area (Å²) in [6, 6.07) is 5.61. The third-order valence-electron chi connectivity index (χ3n) is 2.02. The molecule has 2 heterocycles. The van der Waals surface area contributed by atoms with Gasteiger partial charge in [-0.15, -0.1) is 5.10 Å². The number of pyridine rings is 1. The molecule has 0 aromatic carbocycles. The minimum Gasteiger partial charge on any atom is -0.394 e. The van der Waals surface area contributed by atoms with Crippen LogP contribution in [-0.2, 0) is 0 Å². The second kappa shape index (κ2) is 3.96. The van der Waals surface area contributed by atoms with Crippen molar-refractivity contribution < 1.29 is 5.11 Å². The van der Waals surface area contributed by atoms with E-state index in [1.54, 1.807) is 10.7 Å². The molecule has 5 nitrogen and oxygen atoms in total. The molecule has 1 atom stereocenters. The van der Waals surface area contributed by atoms with Crippen LogP contribution in [0, 0.1) is 0 Å². The number of aromatic nitrogens is 2. The van der Waals surface area contributed by atoms with Gasteiger partial charge in [0.1, 0.15) is 11.3 Å². The summed E-state index contributed by atoms with van der Waals surface area (Å²) in [5, 5.41) is 16.0. The lowest BCUT2D eigenvalue weighted by Gasteiger charge is -2.03. The molecule has 2 aromatic heterocycles. The molecular formula is C9H11ClN4O. The summed E-state index contributed by atoms with van der Waals surface area (Å²) in [6.45, 7) is 0.204. The molecule has 2 rings (SSSR count). The second-order valence-electron chi connectivity index (χ2n) is 3.11. The van der Waals surface area contributed by atoms with E-state index in [1.807, 2.05) is 18.2 Å². The molecule has 80 valence electrons. The first-order valence-corrected chi connectivity index (χ1v) is 4.91. The number of aliphatic hydroxyl groups excluding tert-OH is 1. The Hall–Kier alpha value is -1.46. The number of aliphatic hydroxyl groups is 1. The van der Waals surface area contributed by atoms with Gasteiger partial charge >= 0.3 is 0 Å². The lowest BCUT2D eigenvalue weighted by molar-refractivity contribution is 0.269. The van der Waals surface area contributed by atoms with E-state index in [1.165, 1.54) is 0 Å². The van der Waals surface area contributed by atoms with Gasteiger partial charge in [-0.2, -0.15) is 0 Å². The number of nitrogens with zero attached hydrogens (tertiary/aromatic N) is 2. The van der Waals surface area contributed by atoms with Crippen molar-refractivity contribution in [3.05, 3.63) is 24.4 Å². The van der Waals surface area contributed by atoms with Gasteiger partial charge in [0.15, 0.2) is 5.82 Å². The molecule has 0 aliphatic carbocycles. The Morgan fingerprint density at radius 2 is 2.40 bits per heavy atom. The number of hydrogen-bond donors (Lipinski definition) is 3. The number of alkyl halides is 1. The molecule has 15 heavy (non-hydrogen) atoms. The summed E-state index contributed by atoms with van der Waals surface area (Å²) in [5.41, 5.74) is 6.28. The maximum atomic E-state index is 8.91. The Balaban J connectivity index is 2.32. The summed E-state index contributed by atoms with van der Waals surface area (Å²) in [7, 11) is 0. The van der Waals surface area contributed by atoms with E-state index in [0.29, 0.717) is 11.5 Å². The van der Waals surface area contributed by atoms with Crippen LogP contribution in [-0.4, -0.2) is 26.8 Å². The van der Waals surface area contributed by atoms with Crippen molar-refractivity contribution in [3.8, 4) is 0 Å². The molecule has 0 saturated heterocycles. The fourth-order valence-corrected chi connectivity index (χ4v) is 1.41. The molecule has 1 unspecified atom stereocenters. The summed E-state index contributed by atoms with van der Waals surface area (Å²) in [4.78, 5) is 0. The van der Waals surface area contributed by atoms with Crippen LogP contribution < -0.4 is 11.1 Å². The minimum atomic E-state index is -0.950. The van der Waals surface area contributed by atoms with Crippen molar-refractivity contribution in [3.63, 3.8) is 0 Å². The number of nitrogens with two attached hydrogens (primary N) is 1. The van der Waals surface area contributed by atoms with Gasteiger partial charge in [-0.3, -0.25) is 0 Å². The van der Waals surface area contributed by atoms with E-state index in [2.05, 4.69) is 10.4 Å². The minimum absolute atomic E-state index is 0.204. The van der Waals surface area contributed by atoms with Crippen LogP contribution in [0.5, 0.6) is 0 Å². The number of anilines is 2. The largest absolute Gasteiger partial charge is 0.394 e. The van der Waals surface area contributed by atoms with Crippen LogP contribution in [0.25, 0.3) is 5.52 Å². The number of hydrogen-bond acceptors (Lipinski definition) is 4. The quantitative estimate of drug-likeness (QED) is 0.680. The van der Waals surface area contributed by atoms with Crippen LogP contribution >= 0.6 is 11.6 Å². The SMILES string of the molecule is Nc1c(NCC(O)Cl)nn2ccccc12. The molecule has 0 amide bonds. The van der Waals surface area contributed by atoms with E-state index in [4.69, 9.17) is 22.4 Å². The number of halogens is 1. The Bertz CT molecular complexity index is 468. The second-order valence-corrected chi connectivity index (χ2v) is 3.61. The fraction of sp³-hybridized carbons (Fsp3) is 0.222. The van der Waals surface area contributed by atoms with Crippen molar-refractivity contribution in [1.29, 1.82) is 0 Å². The van der Waals surface area contributed by atoms with E-state index in [0.717, 1.165) is 5.52 Å². The van der Waals surface area contributed by atoms with Crippen LogP contribution in [0.1, 0.15) is 0 Å². The highest BCUT2D eigenvalue weighted by Crippen LogP contribution is 2.22. The average Bonchev–Trinajstić information content (AvgIpc) is 2.54. The Labute approximate surface area is 91.5 Å². The predicted octanol–water partition coefficient (Wildman–Crippen LogP) is 0.886. The Kier molecular flexibility index (Phi) is 2.66. The lowest BCUT2D eigenvalue weighted by atomic mass is 10.3. The van der Waals surface area contributed by atoms with E-state index in [-0.39, 0.29) is 6.54 Å². The van der Waals surface area contributed by atoms with Gasteiger partial charge < -0.3 is 16.2 Å². The first-order valence-electron chi connectivity index (χ1n) is 4.47. The van der Waals surface area contributed by atoms with Crippen molar-refractivity contribution in [2.24, 2.45) is 0 Å². The number of rotatable bonds is 3. The fourth-order valence-electron chi connectivity index (χ4n) is 1.33. The topological polar surface area (TPSA) is 75.6 Å². The molecular weight excluding hydrogens is 216 g/mol. The highest BCUT2D eigenvalue weighted by atomic mass is 35.5. The van der Waals surface area contributed by atoms with Crippen LogP contribution in [0.2, 0.25) is 0 Å². The van der Waals surface area contributed by atoms with Gasteiger partial charge in [-0.1, -0.05) is 17.7 Å². The van der Waals surface area contributed by atoms with E-state index in [9.17, 15) is 0 Å². The van der Waals surface area contributed by atoms with Gasteiger partial charge in [0.2, 0.25) is 0 Å². The number of fused-ring (bicyclic) bond motifs is 1. The van der Waals surface area contributed by atoms with Gasteiger partial charge in [0.05, 0.1) is 12.1 Å². The van der Waals surface area contributed by atoms with Crippen LogP contribution in [0.4, 0.5) is 11.5 Å². The highest BCUT2D eigenvalue weighted by molar-refractivity contribution is 6.19. The maximum Gasteiger partial charge on any atom is 0.172 e. The Morgan fingerprint density at radius 1 is 1.60 bits per heavy atom. The lowest BCUT2D eigenvalue weighted by Crippen LogP contribution is -2.14. The van der Waals surface area contributed by atoms with Crippen molar-refractivity contribution in [1.82, 2.24) is 9.61 Å². The zero-order valence-corrected chi connectivity index (χ0v) is 8.65. The standard InChI is InChI=1S/C9H11ClN4O/c10-7(15)5-12-9-8(11)6-3-1-2-4-14(6)13-9/h1-4,7,15H,5,11H2,(H,12,13). The number of nitrogens with one attached hydrogen (secondary N) is 1. The van der Waals surface area contributed by atoms with Gasteiger partial charge in [-0.05, 0) is 12.1 Å². The molecule has 6 heteroatoms. The van der Waals surface area contributed by atoms with E-state index < -0.39 is 5.56 Å². The smallest absolute Gasteiger partial charge is 0.172 e. The molecule has 0 saturated carbocycles. The summed E-state index contributed by atoms with van der Waals surface area (Å²) < 4.78 is 1.66. The molecule has 0 radical (unpaired) electrons. The third-order valence-corrected chi connectivity index (χ3v) is 2.17. The van der Waals surface area contributed by atoms with Crippen LogP contribution in [0.15, 0.2) is 24.4 Å². The normalized spacial score (nSPS) is 12.9. The highest BCUT2D eigenvalue weighted by Gasteiger charge is 2.09. The summed E-state index contributed by atoms with van der Waals surface area (Å²) >= 11 is 5.40. The predicted molar refractivity (Wildman–Crippen MR) is 60.0 cm³/mol. The third kappa shape index (κ3) is 1.98. The van der Waals surface area contributed by atoms with E-state index >= 15 is 0 Å². The zero-order chi connectivity index (χ0) is 10.8. The summed E-state index contributed by atoms with van der Waals surface area (Å²) in [6.07, 6.45) is 1.80. The summed E-state index contributed by atoms with van der Waals surface area (Å²) in [5.74, 6) is 0.529. The van der Waals surface area contributed by atoms with Crippen molar-refractivity contribution in [2.45, 2.75) is 5.56 Å². The first kappa shape index (κ1) is 10.1. The Morgan fingerprint density at radius 3 is 3.07 bits per heavy atom. The molecule has 0 fully saturated rings. The first-order chi connectivity index (χ1) is 7.18. The number of nitrogen functional groups attached to an aromatic ring is 1. The molecule has 0 aliphatic heterocycles. The maximum absolute atomic E-state index is 8.91. The van der Waals surface area contributed by atoms with Gasteiger partial charge in [-0.25, -0.2) is 4.52 Å². The molecule has 0 spiro atoms. The molecule has 4 N–H and O–H groups in total. The molecule has 0 aliphatic rings. The zero-order valence-electron chi connectivity index (χ0n) is 7.89. The molecule has 0 bridgehead atoms. The van der Waals surface area contributed by atoms with Crippen molar-refractivity contribution in [2.75, 3.05) is 17.6 Å². The van der Waals surface area contributed by atoms with Gasteiger partial charge in [0, 0.05) is 6.20 Å². The monoisotopic (exact) mass is 226 g/mol. The van der Waals surface area contributed by atoms with Gasteiger partial charge in [0.25, 0.3) is 0 Å². The molecule has 2 aromatic rings. The van der Waals surface area contributed by atoms with Crippen LogP contribution in [0.3, 0.4) is 0 Å². The average molecular weight is 227 g/mol. The van der Waals surface area contributed by atoms with Crippen molar-refractivity contribution >= 4 is 28.6 Å².